The van der Waals surface area contributed by atoms with E-state index in [0.29, 0.717) is 30.9 Å². The van der Waals surface area contributed by atoms with Crippen LogP contribution in [0.5, 0.6) is 11.5 Å². The summed E-state index contributed by atoms with van der Waals surface area (Å²) in [7, 11) is 1.59. The Labute approximate surface area is 116 Å². The molecular formula is C14H16N2O4. The van der Waals surface area contributed by atoms with Crippen LogP contribution in [-0.2, 0) is 16.1 Å². The second-order valence-electron chi connectivity index (χ2n) is 4.88. The average molecular weight is 276 g/mol. The van der Waals surface area contributed by atoms with E-state index in [1.165, 1.54) is 0 Å². The summed E-state index contributed by atoms with van der Waals surface area (Å²) >= 11 is 0. The summed E-state index contributed by atoms with van der Waals surface area (Å²) in [4.78, 5) is 25.4. The van der Waals surface area contributed by atoms with E-state index >= 15 is 0 Å². The van der Waals surface area contributed by atoms with Crippen LogP contribution in [0.3, 0.4) is 0 Å². The molecule has 106 valence electrons. The Bertz CT molecular complexity index is 558. The standard InChI is InChI=1S/C14H16N2O4/c1-15-14(18)10-3-5-13(17)16(10)7-9-2-4-11-12(6-9)20-8-19-11/h2,4,6,10H,3,5,7-8H2,1H3,(H,15,18). The van der Waals surface area contributed by atoms with Gasteiger partial charge in [-0.1, -0.05) is 6.07 Å². The molecule has 2 amide bonds. The van der Waals surface area contributed by atoms with Gasteiger partial charge in [0.15, 0.2) is 11.5 Å². The summed E-state index contributed by atoms with van der Waals surface area (Å²) in [5.41, 5.74) is 0.929. The fourth-order valence-electron chi connectivity index (χ4n) is 2.61. The van der Waals surface area contributed by atoms with Crippen LogP contribution in [0.15, 0.2) is 18.2 Å². The van der Waals surface area contributed by atoms with Gasteiger partial charge in [0.05, 0.1) is 0 Å². The number of benzene rings is 1. The first-order chi connectivity index (χ1) is 9.69. The van der Waals surface area contributed by atoms with Crippen molar-refractivity contribution in [1.29, 1.82) is 0 Å². The molecule has 0 spiro atoms. The van der Waals surface area contributed by atoms with E-state index in [0.717, 1.165) is 5.56 Å². The van der Waals surface area contributed by atoms with Gasteiger partial charge in [-0.2, -0.15) is 0 Å². The van der Waals surface area contributed by atoms with E-state index < -0.39 is 0 Å². The van der Waals surface area contributed by atoms with E-state index in [2.05, 4.69) is 5.32 Å². The number of amides is 2. The molecule has 0 radical (unpaired) electrons. The number of hydrogen-bond donors (Lipinski definition) is 1. The minimum Gasteiger partial charge on any atom is -0.454 e. The third-order valence-corrected chi connectivity index (χ3v) is 3.67. The highest BCUT2D eigenvalue weighted by atomic mass is 16.7. The largest absolute Gasteiger partial charge is 0.454 e. The van der Waals surface area contributed by atoms with Crippen LogP contribution in [0.4, 0.5) is 0 Å². The Hall–Kier alpha value is -2.24. The molecule has 1 N–H and O–H groups in total. The van der Waals surface area contributed by atoms with Crippen molar-refractivity contribution in [3.05, 3.63) is 23.8 Å². The summed E-state index contributed by atoms with van der Waals surface area (Å²) in [5.74, 6) is 1.29. The zero-order valence-corrected chi connectivity index (χ0v) is 11.2. The number of ether oxygens (including phenoxy) is 2. The molecule has 1 unspecified atom stereocenters. The molecule has 6 nitrogen and oxygen atoms in total. The van der Waals surface area contributed by atoms with Crippen LogP contribution in [0, 0.1) is 0 Å². The van der Waals surface area contributed by atoms with Crippen molar-refractivity contribution in [2.45, 2.75) is 25.4 Å². The van der Waals surface area contributed by atoms with Crippen LogP contribution in [0.1, 0.15) is 18.4 Å². The van der Waals surface area contributed by atoms with Crippen LogP contribution < -0.4 is 14.8 Å². The maximum atomic E-state index is 11.9. The van der Waals surface area contributed by atoms with Crippen LogP contribution in [0.25, 0.3) is 0 Å². The number of nitrogens with one attached hydrogen (secondary N) is 1. The minimum atomic E-state index is -0.377. The van der Waals surface area contributed by atoms with Crippen molar-refractivity contribution in [2.75, 3.05) is 13.8 Å². The summed E-state index contributed by atoms with van der Waals surface area (Å²) in [6.07, 6.45) is 0.992. The fourth-order valence-corrected chi connectivity index (χ4v) is 2.61. The van der Waals surface area contributed by atoms with Gasteiger partial charge in [-0.15, -0.1) is 0 Å². The molecule has 0 aliphatic carbocycles. The van der Waals surface area contributed by atoms with Gasteiger partial charge in [0.2, 0.25) is 18.6 Å². The molecule has 2 heterocycles. The van der Waals surface area contributed by atoms with E-state index in [4.69, 9.17) is 9.47 Å². The first-order valence-corrected chi connectivity index (χ1v) is 6.58. The predicted octanol–water partition coefficient (Wildman–Crippen LogP) is 0.652. The van der Waals surface area contributed by atoms with Gasteiger partial charge in [0.1, 0.15) is 6.04 Å². The SMILES string of the molecule is CNC(=O)C1CCC(=O)N1Cc1ccc2c(c1)OCO2. The first kappa shape index (κ1) is 12.8. The maximum Gasteiger partial charge on any atom is 0.242 e. The first-order valence-electron chi connectivity index (χ1n) is 6.58. The molecule has 0 bridgehead atoms. The molecule has 3 rings (SSSR count). The molecule has 1 atom stereocenters. The highest BCUT2D eigenvalue weighted by molar-refractivity contribution is 5.90. The Balaban J connectivity index is 1.78. The molecule has 2 aliphatic rings. The third-order valence-electron chi connectivity index (χ3n) is 3.67. The monoisotopic (exact) mass is 276 g/mol. The van der Waals surface area contributed by atoms with Crippen molar-refractivity contribution in [2.24, 2.45) is 0 Å². The highest BCUT2D eigenvalue weighted by Gasteiger charge is 2.35. The van der Waals surface area contributed by atoms with Crippen LogP contribution in [0.2, 0.25) is 0 Å². The number of nitrogens with zero attached hydrogens (tertiary/aromatic N) is 1. The second kappa shape index (κ2) is 5.03. The Morgan fingerprint density at radius 3 is 3.00 bits per heavy atom. The van der Waals surface area contributed by atoms with Gasteiger partial charge in [0.25, 0.3) is 0 Å². The molecule has 0 saturated carbocycles. The van der Waals surface area contributed by atoms with Gasteiger partial charge >= 0.3 is 0 Å². The van der Waals surface area contributed by atoms with Gasteiger partial charge in [-0.3, -0.25) is 9.59 Å². The summed E-state index contributed by atoms with van der Waals surface area (Å²) in [5, 5.41) is 2.61. The molecule has 1 aromatic rings. The lowest BCUT2D eigenvalue weighted by atomic mass is 10.1. The topological polar surface area (TPSA) is 67.9 Å². The fraction of sp³-hybridized carbons (Fsp3) is 0.429. The van der Waals surface area contributed by atoms with E-state index in [9.17, 15) is 9.59 Å². The molecule has 20 heavy (non-hydrogen) atoms. The quantitative estimate of drug-likeness (QED) is 0.880. The molecule has 1 aromatic carbocycles. The Morgan fingerprint density at radius 2 is 2.20 bits per heavy atom. The number of hydrogen-bond acceptors (Lipinski definition) is 4. The number of rotatable bonds is 3. The van der Waals surface area contributed by atoms with Gasteiger partial charge in [-0.25, -0.2) is 0 Å². The maximum absolute atomic E-state index is 11.9. The third kappa shape index (κ3) is 2.17. The lowest BCUT2D eigenvalue weighted by molar-refractivity contribution is -0.135. The molecule has 6 heteroatoms. The number of carbonyl (C=O) groups excluding carboxylic acids is 2. The number of likely N-dealkylation sites (N-methyl/N-ethyl adjacent to an activating group) is 1. The van der Waals surface area contributed by atoms with Gasteiger partial charge in [0, 0.05) is 20.0 Å². The lowest BCUT2D eigenvalue weighted by Gasteiger charge is -2.23. The molecule has 2 aliphatic heterocycles. The van der Waals surface area contributed by atoms with Gasteiger partial charge < -0.3 is 19.7 Å². The number of fused-ring (bicyclic) bond motifs is 1. The summed E-state index contributed by atoms with van der Waals surface area (Å²) in [6.45, 7) is 0.635. The van der Waals surface area contributed by atoms with Crippen molar-refractivity contribution in [3.63, 3.8) is 0 Å². The Kier molecular flexibility index (Phi) is 3.22. The average Bonchev–Trinajstić information content (AvgIpc) is 3.05. The van der Waals surface area contributed by atoms with Gasteiger partial charge in [-0.05, 0) is 24.1 Å². The highest BCUT2D eigenvalue weighted by Crippen LogP contribution is 2.33. The van der Waals surface area contributed by atoms with E-state index in [1.54, 1.807) is 11.9 Å². The van der Waals surface area contributed by atoms with E-state index in [-0.39, 0.29) is 24.6 Å². The molecular weight excluding hydrogens is 260 g/mol. The normalized spacial score (nSPS) is 20.4. The predicted molar refractivity (Wildman–Crippen MR) is 70.2 cm³/mol. The van der Waals surface area contributed by atoms with E-state index in [1.807, 2.05) is 18.2 Å². The summed E-state index contributed by atoms with van der Waals surface area (Å²) < 4.78 is 10.6. The molecule has 1 saturated heterocycles. The molecule has 1 fully saturated rings. The minimum absolute atomic E-state index is 0.0104. The number of likely N-dealkylation sites (tertiary alicyclic amines) is 1. The van der Waals surface area contributed by atoms with Crippen molar-refractivity contribution < 1.29 is 19.1 Å². The van der Waals surface area contributed by atoms with Crippen molar-refractivity contribution in [1.82, 2.24) is 10.2 Å². The zero-order valence-electron chi connectivity index (χ0n) is 11.2. The second-order valence-corrected chi connectivity index (χ2v) is 4.88. The molecule has 0 aromatic heterocycles. The zero-order chi connectivity index (χ0) is 14.1. The lowest BCUT2D eigenvalue weighted by Crippen LogP contribution is -2.43. The van der Waals surface area contributed by atoms with Crippen LogP contribution >= 0.6 is 0 Å². The smallest absolute Gasteiger partial charge is 0.242 e. The van der Waals surface area contributed by atoms with Crippen molar-refractivity contribution in [3.8, 4) is 11.5 Å². The Morgan fingerprint density at radius 1 is 1.40 bits per heavy atom. The number of carbonyl (C=O) groups is 2. The summed E-state index contributed by atoms with van der Waals surface area (Å²) in [6, 6.07) is 5.19. The van der Waals surface area contributed by atoms with Crippen molar-refractivity contribution >= 4 is 11.8 Å². The van der Waals surface area contributed by atoms with Crippen LogP contribution in [-0.4, -0.2) is 36.6 Å².